The van der Waals surface area contributed by atoms with Crippen LogP contribution in [-0.4, -0.2) is 10.1 Å². The molecule has 0 amide bonds. The van der Waals surface area contributed by atoms with Gasteiger partial charge in [0.1, 0.15) is 0 Å². The van der Waals surface area contributed by atoms with Gasteiger partial charge < -0.3 is 10.1 Å². The minimum absolute atomic E-state index is 0.0151. The minimum Gasteiger partial charge on any atom is -0.357 e. The molecule has 0 spiro atoms. The maximum atomic E-state index is 10.4. The van der Waals surface area contributed by atoms with Crippen molar-refractivity contribution in [3.63, 3.8) is 0 Å². The molecular weight excluding hydrogens is 188 g/mol. The molecule has 0 saturated heterocycles. The Bertz CT molecular complexity index is 389. The summed E-state index contributed by atoms with van der Waals surface area (Å²) in [4.78, 5) is 14.8. The topological polar surface area (TPSA) is 55.5 Å². The highest BCUT2D eigenvalue weighted by molar-refractivity contribution is 8.13. The summed E-state index contributed by atoms with van der Waals surface area (Å²) in [5.74, 6) is 0. The van der Waals surface area contributed by atoms with Crippen LogP contribution in [0.25, 0.3) is 0 Å². The summed E-state index contributed by atoms with van der Waals surface area (Å²) in [7, 11) is 0. The van der Waals surface area contributed by atoms with E-state index in [1.165, 1.54) is 0 Å². The van der Waals surface area contributed by atoms with E-state index in [-0.39, 0.29) is 5.17 Å². The molecular formula is C8H6N2O2S. The molecule has 0 unspecified atom stereocenters. The van der Waals surface area contributed by atoms with E-state index in [1.54, 1.807) is 0 Å². The fraction of sp³-hybridized carbons (Fsp3) is 0.125. The molecule has 0 radical (unpaired) electrons. The molecule has 13 heavy (non-hydrogen) atoms. The highest BCUT2D eigenvalue weighted by Crippen LogP contribution is 2.28. The first-order valence-corrected chi connectivity index (χ1v) is 4.53. The summed E-state index contributed by atoms with van der Waals surface area (Å²) < 4.78 is 0. The van der Waals surface area contributed by atoms with Crippen molar-refractivity contribution in [2.75, 3.05) is 0 Å². The molecule has 1 aliphatic rings. The van der Waals surface area contributed by atoms with Crippen molar-refractivity contribution in [3.05, 3.63) is 39.9 Å². The zero-order valence-corrected chi connectivity index (χ0v) is 7.45. The maximum absolute atomic E-state index is 10.4. The zero-order valence-electron chi connectivity index (χ0n) is 6.64. The summed E-state index contributed by atoms with van der Waals surface area (Å²) in [6, 6.07) is 7.58. The first kappa shape index (κ1) is 8.25. The van der Waals surface area contributed by atoms with E-state index in [4.69, 9.17) is 0 Å². The SMILES string of the molecule is O=[N+]([O-])C1=NCc2ccccc2S1. The third-order valence-corrected chi connectivity index (χ3v) is 2.79. The van der Waals surface area contributed by atoms with E-state index in [9.17, 15) is 10.1 Å². The molecule has 0 fully saturated rings. The molecule has 1 aromatic carbocycles. The van der Waals surface area contributed by atoms with Gasteiger partial charge in [-0.2, -0.15) is 0 Å². The summed E-state index contributed by atoms with van der Waals surface area (Å²) in [5, 5.41) is 10.4. The van der Waals surface area contributed by atoms with Crippen LogP contribution in [-0.2, 0) is 6.54 Å². The average molecular weight is 194 g/mol. The monoisotopic (exact) mass is 194 g/mol. The van der Waals surface area contributed by atoms with Crippen molar-refractivity contribution in [2.45, 2.75) is 11.4 Å². The Labute approximate surface area is 78.8 Å². The Hall–Kier alpha value is -1.36. The molecule has 2 rings (SSSR count). The standard InChI is InChI=1S/C8H6N2O2S/c11-10(12)8-9-5-6-3-1-2-4-7(6)13-8/h1-4H,5H2. The van der Waals surface area contributed by atoms with Crippen molar-refractivity contribution in [1.82, 2.24) is 0 Å². The van der Waals surface area contributed by atoms with E-state index < -0.39 is 4.92 Å². The van der Waals surface area contributed by atoms with E-state index >= 15 is 0 Å². The van der Waals surface area contributed by atoms with Gasteiger partial charge in [0.2, 0.25) is 0 Å². The van der Waals surface area contributed by atoms with E-state index in [1.807, 2.05) is 24.3 Å². The number of nitrogens with zero attached hydrogens (tertiary/aromatic N) is 2. The van der Waals surface area contributed by atoms with Crippen LogP contribution in [0.15, 0.2) is 34.2 Å². The largest absolute Gasteiger partial charge is 0.399 e. The number of benzene rings is 1. The highest BCUT2D eigenvalue weighted by atomic mass is 32.2. The van der Waals surface area contributed by atoms with Crippen LogP contribution in [0.3, 0.4) is 0 Å². The molecule has 0 atom stereocenters. The lowest BCUT2D eigenvalue weighted by atomic mass is 10.2. The van der Waals surface area contributed by atoms with Crippen molar-refractivity contribution in [2.24, 2.45) is 4.99 Å². The van der Waals surface area contributed by atoms with Gasteiger partial charge in [-0.1, -0.05) is 23.2 Å². The summed E-state index contributed by atoms with van der Waals surface area (Å²) in [6.45, 7) is 0.416. The van der Waals surface area contributed by atoms with E-state index in [2.05, 4.69) is 4.99 Å². The number of hydrogen-bond acceptors (Lipinski definition) is 4. The van der Waals surface area contributed by atoms with Crippen LogP contribution in [0.1, 0.15) is 5.56 Å². The lowest BCUT2D eigenvalue weighted by Crippen LogP contribution is -2.11. The van der Waals surface area contributed by atoms with Crippen LogP contribution >= 0.6 is 11.8 Å². The Morgan fingerprint density at radius 2 is 2.23 bits per heavy atom. The fourth-order valence-corrected chi connectivity index (χ4v) is 1.92. The highest BCUT2D eigenvalue weighted by Gasteiger charge is 2.21. The van der Waals surface area contributed by atoms with Gasteiger partial charge in [-0.3, -0.25) is 0 Å². The third-order valence-electron chi connectivity index (χ3n) is 1.71. The lowest BCUT2D eigenvalue weighted by molar-refractivity contribution is -0.343. The van der Waals surface area contributed by atoms with Gasteiger partial charge in [-0.15, -0.1) is 0 Å². The first-order valence-electron chi connectivity index (χ1n) is 3.72. The second-order valence-corrected chi connectivity index (χ2v) is 3.57. The molecule has 0 N–H and O–H groups in total. The summed E-state index contributed by atoms with van der Waals surface area (Å²) >= 11 is 1.12. The van der Waals surface area contributed by atoms with Crippen LogP contribution in [0.4, 0.5) is 0 Å². The number of amidine groups is 1. The molecule has 1 heterocycles. The quantitative estimate of drug-likeness (QED) is 0.468. The van der Waals surface area contributed by atoms with Crippen LogP contribution in [0.2, 0.25) is 0 Å². The predicted molar refractivity (Wildman–Crippen MR) is 50.4 cm³/mol. The number of fused-ring (bicyclic) bond motifs is 1. The normalized spacial score (nSPS) is 14.6. The molecule has 1 aromatic rings. The minimum atomic E-state index is -0.444. The molecule has 1 aliphatic heterocycles. The number of aliphatic imine (C=N–C) groups is 1. The van der Waals surface area contributed by atoms with Crippen LogP contribution in [0, 0.1) is 10.1 Å². The molecule has 4 nitrogen and oxygen atoms in total. The second kappa shape index (κ2) is 3.18. The zero-order chi connectivity index (χ0) is 9.26. The molecule has 66 valence electrons. The second-order valence-electron chi connectivity index (χ2n) is 2.57. The average Bonchev–Trinajstić information content (AvgIpc) is 2.17. The Morgan fingerprint density at radius 1 is 1.46 bits per heavy atom. The van der Waals surface area contributed by atoms with Gasteiger partial charge in [0.25, 0.3) is 0 Å². The first-order chi connectivity index (χ1) is 6.27. The predicted octanol–water partition coefficient (Wildman–Crippen LogP) is 1.92. The number of rotatable bonds is 0. The van der Waals surface area contributed by atoms with Crippen LogP contribution in [0.5, 0.6) is 0 Å². The summed E-state index contributed by atoms with van der Waals surface area (Å²) in [6.07, 6.45) is 0. The Morgan fingerprint density at radius 3 is 3.00 bits per heavy atom. The van der Waals surface area contributed by atoms with Gasteiger partial charge in [-0.05, 0) is 11.0 Å². The van der Waals surface area contributed by atoms with Gasteiger partial charge in [0, 0.05) is 22.2 Å². The Balaban J connectivity index is 2.33. The molecule has 0 saturated carbocycles. The number of thioether (sulfide) groups is 1. The smallest absolute Gasteiger partial charge is 0.357 e. The number of nitro groups is 1. The van der Waals surface area contributed by atoms with Gasteiger partial charge in [0.15, 0.2) is 6.54 Å². The molecule has 0 aliphatic carbocycles. The third kappa shape index (κ3) is 1.55. The molecule has 5 heteroatoms. The van der Waals surface area contributed by atoms with Gasteiger partial charge >= 0.3 is 5.17 Å². The van der Waals surface area contributed by atoms with Gasteiger partial charge in [0.05, 0.1) is 0 Å². The number of hydrogen-bond donors (Lipinski definition) is 0. The lowest BCUT2D eigenvalue weighted by Gasteiger charge is -2.07. The molecule has 0 bridgehead atoms. The molecule has 0 aromatic heterocycles. The summed E-state index contributed by atoms with van der Waals surface area (Å²) in [5.41, 5.74) is 1.05. The maximum Gasteiger partial charge on any atom is 0.399 e. The van der Waals surface area contributed by atoms with Crippen molar-refractivity contribution in [1.29, 1.82) is 0 Å². The van der Waals surface area contributed by atoms with Crippen molar-refractivity contribution >= 4 is 16.9 Å². The van der Waals surface area contributed by atoms with Gasteiger partial charge in [-0.25, -0.2) is 0 Å². The van der Waals surface area contributed by atoms with Crippen molar-refractivity contribution < 1.29 is 4.92 Å². The van der Waals surface area contributed by atoms with E-state index in [0.29, 0.717) is 6.54 Å². The van der Waals surface area contributed by atoms with Crippen molar-refractivity contribution in [3.8, 4) is 0 Å². The van der Waals surface area contributed by atoms with Crippen LogP contribution < -0.4 is 0 Å². The fourth-order valence-electron chi connectivity index (χ4n) is 1.11. The Kier molecular flexibility index (Phi) is 2.02. The van der Waals surface area contributed by atoms with E-state index in [0.717, 1.165) is 22.2 Å².